The van der Waals surface area contributed by atoms with Crippen molar-refractivity contribution in [2.75, 3.05) is 5.75 Å². The number of hydrogen-bond donors (Lipinski definition) is 1. The zero-order valence-corrected chi connectivity index (χ0v) is 7.89. The first-order valence-corrected chi connectivity index (χ1v) is 5.31. The van der Waals surface area contributed by atoms with Gasteiger partial charge in [-0.15, -0.1) is 0 Å². The summed E-state index contributed by atoms with van der Waals surface area (Å²) >= 11 is 0. The average Bonchev–Trinajstić information content (AvgIpc) is 2.00. The Balaban J connectivity index is 4.85. The van der Waals surface area contributed by atoms with Crippen molar-refractivity contribution in [3.63, 3.8) is 0 Å². The Morgan fingerprint density at radius 1 is 1.42 bits per heavy atom. The first-order chi connectivity index (χ1) is 5.43. The highest BCUT2D eigenvalue weighted by atomic mass is 32.2. The van der Waals surface area contributed by atoms with Crippen LogP contribution in [-0.4, -0.2) is 25.2 Å². The van der Waals surface area contributed by atoms with Crippen LogP contribution in [0.4, 0.5) is 0 Å². The molecule has 0 aromatic heterocycles. The van der Waals surface area contributed by atoms with Crippen LogP contribution < -0.4 is 0 Å². The molecule has 0 unspecified atom stereocenters. The van der Waals surface area contributed by atoms with Gasteiger partial charge < -0.3 is 5.11 Å². The van der Waals surface area contributed by atoms with Crippen LogP contribution in [0.1, 0.15) is 20.3 Å². The highest BCUT2D eigenvalue weighted by Gasteiger charge is 2.10. The first kappa shape index (κ1) is 11.2. The van der Waals surface area contributed by atoms with Crippen molar-refractivity contribution in [3.05, 3.63) is 11.0 Å². The van der Waals surface area contributed by atoms with Crippen LogP contribution in [0, 0.1) is 0 Å². The van der Waals surface area contributed by atoms with E-state index in [4.69, 9.17) is 5.11 Å². The zero-order chi connectivity index (χ0) is 9.78. The standard InChI is InChI=1S/C7H12O4S/c1-3-6(7(8)9)5-12(10,11)4-2/h5H,3-4H2,1-2H3,(H,8,9). The second-order valence-electron chi connectivity index (χ2n) is 2.25. The van der Waals surface area contributed by atoms with E-state index in [9.17, 15) is 13.2 Å². The molecule has 0 amide bonds. The second-order valence-corrected chi connectivity index (χ2v) is 4.39. The van der Waals surface area contributed by atoms with E-state index in [2.05, 4.69) is 0 Å². The maximum absolute atomic E-state index is 10.9. The minimum atomic E-state index is -3.32. The van der Waals surface area contributed by atoms with Gasteiger partial charge in [0.1, 0.15) is 0 Å². The van der Waals surface area contributed by atoms with Crippen molar-refractivity contribution in [3.8, 4) is 0 Å². The van der Waals surface area contributed by atoms with Crippen LogP contribution >= 0.6 is 0 Å². The lowest BCUT2D eigenvalue weighted by atomic mass is 10.2. The topological polar surface area (TPSA) is 71.4 Å². The molecular weight excluding hydrogens is 180 g/mol. The van der Waals surface area contributed by atoms with E-state index in [0.717, 1.165) is 5.41 Å². The van der Waals surface area contributed by atoms with E-state index in [0.29, 0.717) is 0 Å². The van der Waals surface area contributed by atoms with Crippen molar-refractivity contribution in [1.29, 1.82) is 0 Å². The Morgan fingerprint density at radius 3 is 2.17 bits per heavy atom. The number of rotatable bonds is 4. The monoisotopic (exact) mass is 192 g/mol. The second kappa shape index (κ2) is 4.25. The predicted octanol–water partition coefficient (Wildman–Crippen LogP) is 0.800. The lowest BCUT2D eigenvalue weighted by Crippen LogP contribution is -2.05. The van der Waals surface area contributed by atoms with Gasteiger partial charge in [-0.3, -0.25) is 0 Å². The van der Waals surface area contributed by atoms with Crippen molar-refractivity contribution in [1.82, 2.24) is 0 Å². The lowest BCUT2D eigenvalue weighted by Gasteiger charge is -1.97. The summed E-state index contributed by atoms with van der Waals surface area (Å²) in [6.45, 7) is 3.08. The summed E-state index contributed by atoms with van der Waals surface area (Å²) in [5, 5.41) is 9.33. The summed E-state index contributed by atoms with van der Waals surface area (Å²) in [7, 11) is -3.32. The van der Waals surface area contributed by atoms with Crippen molar-refractivity contribution < 1.29 is 18.3 Å². The molecule has 0 aromatic carbocycles. The molecule has 0 aliphatic carbocycles. The van der Waals surface area contributed by atoms with Gasteiger partial charge in [0.25, 0.3) is 0 Å². The van der Waals surface area contributed by atoms with E-state index in [1.807, 2.05) is 0 Å². The molecule has 0 fully saturated rings. The summed E-state index contributed by atoms with van der Waals surface area (Å²) in [5.74, 6) is -1.24. The SMILES string of the molecule is CCC(=CS(=O)(=O)CC)C(=O)O. The molecule has 0 saturated carbocycles. The van der Waals surface area contributed by atoms with Crippen LogP contribution in [0.2, 0.25) is 0 Å². The van der Waals surface area contributed by atoms with Gasteiger partial charge in [-0.2, -0.15) is 0 Å². The van der Waals surface area contributed by atoms with Crippen LogP contribution in [-0.2, 0) is 14.6 Å². The molecule has 0 radical (unpaired) electrons. The molecule has 70 valence electrons. The number of carboxylic acid groups (broad SMARTS) is 1. The van der Waals surface area contributed by atoms with Gasteiger partial charge in [0.2, 0.25) is 0 Å². The fourth-order valence-electron chi connectivity index (χ4n) is 0.585. The number of sulfone groups is 1. The third-order valence-electron chi connectivity index (χ3n) is 1.38. The Kier molecular flexibility index (Phi) is 3.95. The number of hydrogen-bond acceptors (Lipinski definition) is 3. The Hall–Kier alpha value is -0.840. The molecule has 0 aliphatic rings. The van der Waals surface area contributed by atoms with Gasteiger partial charge in [-0.05, 0) is 6.42 Å². The molecule has 0 spiro atoms. The highest BCUT2D eigenvalue weighted by Crippen LogP contribution is 2.04. The lowest BCUT2D eigenvalue weighted by molar-refractivity contribution is -0.132. The fraction of sp³-hybridized carbons (Fsp3) is 0.571. The molecule has 0 atom stereocenters. The quantitative estimate of drug-likeness (QED) is 0.669. The number of aliphatic carboxylic acids is 1. The van der Waals surface area contributed by atoms with Crippen LogP contribution in [0.15, 0.2) is 11.0 Å². The van der Waals surface area contributed by atoms with Gasteiger partial charge in [0.05, 0.1) is 5.75 Å². The summed E-state index contributed by atoms with van der Waals surface area (Å²) in [6, 6.07) is 0. The van der Waals surface area contributed by atoms with Gasteiger partial charge in [0, 0.05) is 11.0 Å². The molecule has 0 heterocycles. The molecule has 0 aliphatic heterocycles. The van der Waals surface area contributed by atoms with E-state index >= 15 is 0 Å². The van der Waals surface area contributed by atoms with Gasteiger partial charge in [-0.1, -0.05) is 13.8 Å². The normalized spacial score (nSPS) is 13.0. The molecule has 5 heteroatoms. The number of carboxylic acids is 1. The zero-order valence-electron chi connectivity index (χ0n) is 7.07. The van der Waals surface area contributed by atoms with Crippen LogP contribution in [0.3, 0.4) is 0 Å². The third-order valence-corrected chi connectivity index (χ3v) is 2.83. The maximum Gasteiger partial charge on any atom is 0.332 e. The molecule has 0 aromatic rings. The van der Waals surface area contributed by atoms with Crippen molar-refractivity contribution in [2.24, 2.45) is 0 Å². The van der Waals surface area contributed by atoms with Gasteiger partial charge in [-0.25, -0.2) is 13.2 Å². The smallest absolute Gasteiger partial charge is 0.332 e. The van der Waals surface area contributed by atoms with Crippen LogP contribution in [0.25, 0.3) is 0 Å². The Morgan fingerprint density at radius 2 is 1.92 bits per heavy atom. The maximum atomic E-state index is 10.9. The van der Waals surface area contributed by atoms with Crippen LogP contribution in [0.5, 0.6) is 0 Å². The fourth-order valence-corrected chi connectivity index (χ4v) is 1.45. The summed E-state index contributed by atoms with van der Waals surface area (Å²) in [4.78, 5) is 10.4. The summed E-state index contributed by atoms with van der Waals surface area (Å²) in [5.41, 5.74) is -0.0724. The summed E-state index contributed by atoms with van der Waals surface area (Å²) < 4.78 is 21.9. The third kappa shape index (κ3) is 3.52. The minimum Gasteiger partial charge on any atom is -0.478 e. The Bertz CT molecular complexity index is 287. The molecule has 0 bridgehead atoms. The molecule has 4 nitrogen and oxygen atoms in total. The van der Waals surface area contributed by atoms with E-state index in [1.165, 1.54) is 6.92 Å². The van der Waals surface area contributed by atoms with Crippen molar-refractivity contribution in [2.45, 2.75) is 20.3 Å². The van der Waals surface area contributed by atoms with E-state index in [-0.39, 0.29) is 17.7 Å². The van der Waals surface area contributed by atoms with Gasteiger partial charge >= 0.3 is 5.97 Å². The molecule has 1 N–H and O–H groups in total. The Labute approximate surface area is 71.8 Å². The van der Waals surface area contributed by atoms with E-state index in [1.54, 1.807) is 6.92 Å². The predicted molar refractivity (Wildman–Crippen MR) is 45.5 cm³/mol. The molecule has 0 rings (SSSR count). The molecule has 0 saturated heterocycles. The molecular formula is C7H12O4S. The minimum absolute atomic E-state index is 0.0657. The highest BCUT2D eigenvalue weighted by molar-refractivity contribution is 7.94. The largest absolute Gasteiger partial charge is 0.478 e. The molecule has 12 heavy (non-hydrogen) atoms. The first-order valence-electron chi connectivity index (χ1n) is 3.59. The average molecular weight is 192 g/mol. The van der Waals surface area contributed by atoms with Gasteiger partial charge in [0.15, 0.2) is 9.84 Å². The van der Waals surface area contributed by atoms with E-state index < -0.39 is 15.8 Å². The number of carbonyl (C=O) groups is 1. The van der Waals surface area contributed by atoms with Crippen molar-refractivity contribution >= 4 is 15.8 Å². The summed E-state index contributed by atoms with van der Waals surface area (Å²) in [6.07, 6.45) is 0.217.